The summed E-state index contributed by atoms with van der Waals surface area (Å²) in [7, 11) is 0. The van der Waals surface area contributed by atoms with Crippen molar-refractivity contribution in [3.63, 3.8) is 0 Å². The van der Waals surface area contributed by atoms with Gasteiger partial charge in [0.25, 0.3) is 5.56 Å². The van der Waals surface area contributed by atoms with Crippen LogP contribution in [0.3, 0.4) is 0 Å². The quantitative estimate of drug-likeness (QED) is 0.667. The van der Waals surface area contributed by atoms with Crippen molar-refractivity contribution in [2.75, 3.05) is 5.32 Å². The van der Waals surface area contributed by atoms with Crippen LogP contribution in [0.25, 0.3) is 10.8 Å². The molecule has 0 saturated carbocycles. The second-order valence-corrected chi connectivity index (χ2v) is 6.09. The largest absolute Gasteiger partial charge is 0.329 e. The van der Waals surface area contributed by atoms with E-state index < -0.39 is 11.9 Å². The lowest BCUT2D eigenvalue weighted by Gasteiger charge is -2.14. The number of nitrogens with one attached hydrogen (secondary N) is 2. The van der Waals surface area contributed by atoms with Gasteiger partial charge in [-0.15, -0.1) is 0 Å². The Balaban J connectivity index is 1.88. The molecule has 0 radical (unpaired) electrons. The predicted octanol–water partition coefficient (Wildman–Crippen LogP) is 3.47. The molecular weight excluding hydrogens is 349 g/mol. The van der Waals surface area contributed by atoms with E-state index in [2.05, 4.69) is 10.3 Å². The molecule has 3 aromatic rings. The smallest absolute Gasteiger partial charge is 0.255 e. The first-order valence-electron chi connectivity index (χ1n) is 7.08. The molecule has 0 aliphatic heterocycles. The Hall–Kier alpha value is -2.34. The number of aromatic amines is 1. The molecule has 2 aromatic carbocycles. The van der Waals surface area contributed by atoms with E-state index in [4.69, 9.17) is 28.9 Å². The summed E-state index contributed by atoms with van der Waals surface area (Å²) >= 11 is 12.0. The van der Waals surface area contributed by atoms with Crippen LogP contribution in [0.5, 0.6) is 0 Å². The molecule has 0 fully saturated rings. The number of rotatable bonds is 3. The second-order valence-electron chi connectivity index (χ2n) is 5.24. The minimum Gasteiger partial charge on any atom is -0.329 e. The summed E-state index contributed by atoms with van der Waals surface area (Å²) in [5.41, 5.74) is 6.75. The number of pyridine rings is 1. The van der Waals surface area contributed by atoms with Crippen LogP contribution in [-0.2, 0) is 4.79 Å². The number of amides is 1. The number of fused-ring (bicyclic) bond motifs is 1. The van der Waals surface area contributed by atoms with Crippen LogP contribution in [0.2, 0.25) is 10.0 Å². The number of hydrogen-bond donors (Lipinski definition) is 3. The number of carbonyl (C=O) groups excluding carboxylic acids is 1. The van der Waals surface area contributed by atoms with Crippen molar-refractivity contribution in [3.8, 4) is 0 Å². The fraction of sp³-hybridized carbons (Fsp3) is 0.0588. The Labute approximate surface area is 147 Å². The van der Waals surface area contributed by atoms with Crippen molar-refractivity contribution < 1.29 is 4.79 Å². The highest BCUT2D eigenvalue weighted by atomic mass is 35.5. The number of H-pyrrole nitrogens is 1. The summed E-state index contributed by atoms with van der Waals surface area (Å²) in [6, 6.07) is 10.7. The molecule has 0 aliphatic carbocycles. The van der Waals surface area contributed by atoms with E-state index >= 15 is 0 Å². The normalized spacial score (nSPS) is 12.1. The number of aromatic nitrogens is 1. The maximum Gasteiger partial charge on any atom is 0.255 e. The van der Waals surface area contributed by atoms with E-state index in [-0.39, 0.29) is 10.6 Å². The van der Waals surface area contributed by atoms with E-state index in [9.17, 15) is 9.59 Å². The molecule has 4 N–H and O–H groups in total. The first-order valence-corrected chi connectivity index (χ1v) is 7.84. The van der Waals surface area contributed by atoms with Gasteiger partial charge in [0, 0.05) is 16.6 Å². The van der Waals surface area contributed by atoms with Gasteiger partial charge in [0.15, 0.2) is 0 Å². The van der Waals surface area contributed by atoms with Gasteiger partial charge in [-0.3, -0.25) is 9.59 Å². The molecule has 24 heavy (non-hydrogen) atoms. The van der Waals surface area contributed by atoms with Crippen molar-refractivity contribution in [2.45, 2.75) is 6.04 Å². The van der Waals surface area contributed by atoms with Crippen molar-refractivity contribution in [1.82, 2.24) is 4.98 Å². The van der Waals surface area contributed by atoms with Gasteiger partial charge in [-0.1, -0.05) is 35.3 Å². The molecule has 7 heteroatoms. The number of nitrogens with two attached hydrogens (primary N) is 1. The fourth-order valence-corrected chi connectivity index (χ4v) is 2.67. The van der Waals surface area contributed by atoms with Crippen LogP contribution in [0.15, 0.2) is 53.5 Å². The maximum atomic E-state index is 12.4. The van der Waals surface area contributed by atoms with Gasteiger partial charge in [0.1, 0.15) is 6.04 Å². The minimum absolute atomic E-state index is 0.245. The third-order valence-electron chi connectivity index (χ3n) is 3.63. The molecule has 0 spiro atoms. The lowest BCUT2D eigenvalue weighted by atomic mass is 10.1. The Morgan fingerprint density at radius 1 is 1.12 bits per heavy atom. The monoisotopic (exact) mass is 361 g/mol. The van der Waals surface area contributed by atoms with E-state index in [1.165, 1.54) is 12.3 Å². The van der Waals surface area contributed by atoms with Crippen LogP contribution in [0.1, 0.15) is 11.6 Å². The van der Waals surface area contributed by atoms with E-state index in [1.54, 1.807) is 36.4 Å². The van der Waals surface area contributed by atoms with Crippen LogP contribution in [-0.4, -0.2) is 10.9 Å². The van der Waals surface area contributed by atoms with Gasteiger partial charge in [-0.25, -0.2) is 0 Å². The second kappa shape index (κ2) is 6.65. The average molecular weight is 362 g/mol. The van der Waals surface area contributed by atoms with E-state index in [0.717, 1.165) is 0 Å². The lowest BCUT2D eigenvalue weighted by molar-refractivity contribution is -0.117. The molecule has 1 heterocycles. The third-order valence-corrected chi connectivity index (χ3v) is 4.20. The SMILES string of the molecule is NC(C(=O)Nc1cc2cc[nH]c(=O)c2cc1Cl)c1ccc(Cl)cc1. The van der Waals surface area contributed by atoms with Gasteiger partial charge in [-0.05, 0) is 41.3 Å². The summed E-state index contributed by atoms with van der Waals surface area (Å²) in [6.07, 6.45) is 1.53. The molecule has 5 nitrogen and oxygen atoms in total. The molecule has 3 rings (SSSR count). The number of anilines is 1. The minimum atomic E-state index is -0.867. The topological polar surface area (TPSA) is 88.0 Å². The standard InChI is InChI=1S/C17H13Cl2N3O2/c18-11-3-1-9(2-4-11)15(20)17(24)22-14-7-10-5-6-21-16(23)12(10)8-13(14)19/h1-8,15H,20H2,(H,21,23)(H,22,24). The number of benzene rings is 2. The van der Waals surface area contributed by atoms with Gasteiger partial charge < -0.3 is 16.0 Å². The summed E-state index contributed by atoms with van der Waals surface area (Å²) in [6.45, 7) is 0. The van der Waals surface area contributed by atoms with Crippen LogP contribution < -0.4 is 16.6 Å². The van der Waals surface area contributed by atoms with Crippen LogP contribution in [0.4, 0.5) is 5.69 Å². The van der Waals surface area contributed by atoms with Crippen molar-refractivity contribution in [1.29, 1.82) is 0 Å². The van der Waals surface area contributed by atoms with Crippen LogP contribution in [0, 0.1) is 0 Å². The zero-order chi connectivity index (χ0) is 17.3. The molecule has 122 valence electrons. The van der Waals surface area contributed by atoms with Crippen molar-refractivity contribution >= 4 is 45.6 Å². The van der Waals surface area contributed by atoms with E-state index in [1.807, 2.05) is 0 Å². The Morgan fingerprint density at radius 2 is 1.83 bits per heavy atom. The molecule has 0 bridgehead atoms. The molecular formula is C17H13Cl2N3O2. The molecule has 0 aliphatic rings. The van der Waals surface area contributed by atoms with Gasteiger partial charge >= 0.3 is 0 Å². The predicted molar refractivity (Wildman–Crippen MR) is 96.6 cm³/mol. The van der Waals surface area contributed by atoms with Crippen molar-refractivity contribution in [3.05, 3.63) is 74.6 Å². The fourth-order valence-electron chi connectivity index (χ4n) is 2.34. The highest BCUT2D eigenvalue weighted by Crippen LogP contribution is 2.27. The van der Waals surface area contributed by atoms with Crippen molar-refractivity contribution in [2.24, 2.45) is 5.73 Å². The van der Waals surface area contributed by atoms with Gasteiger partial charge in [0.2, 0.25) is 5.91 Å². The average Bonchev–Trinajstić information content (AvgIpc) is 2.56. The number of carbonyl (C=O) groups is 1. The van der Waals surface area contributed by atoms with E-state index in [0.29, 0.717) is 27.0 Å². The number of halogens is 2. The first-order chi connectivity index (χ1) is 11.5. The summed E-state index contributed by atoms with van der Waals surface area (Å²) < 4.78 is 0. The molecule has 1 aromatic heterocycles. The highest BCUT2D eigenvalue weighted by Gasteiger charge is 2.17. The molecule has 1 atom stereocenters. The highest BCUT2D eigenvalue weighted by molar-refractivity contribution is 6.34. The number of hydrogen-bond acceptors (Lipinski definition) is 3. The Morgan fingerprint density at radius 3 is 2.54 bits per heavy atom. The Bertz CT molecular complexity index is 968. The molecule has 1 amide bonds. The molecule has 1 unspecified atom stereocenters. The Kier molecular flexibility index (Phi) is 4.57. The third kappa shape index (κ3) is 3.28. The first kappa shape index (κ1) is 16.5. The summed E-state index contributed by atoms with van der Waals surface area (Å²) in [5.74, 6) is -0.414. The summed E-state index contributed by atoms with van der Waals surface area (Å²) in [4.78, 5) is 26.7. The summed E-state index contributed by atoms with van der Waals surface area (Å²) in [5, 5.41) is 4.63. The zero-order valence-electron chi connectivity index (χ0n) is 12.3. The zero-order valence-corrected chi connectivity index (χ0v) is 13.9. The van der Waals surface area contributed by atoms with Crippen LogP contribution >= 0.6 is 23.2 Å². The maximum absolute atomic E-state index is 12.4. The lowest BCUT2D eigenvalue weighted by Crippen LogP contribution is -2.27. The molecule has 0 saturated heterocycles. The van der Waals surface area contributed by atoms with Gasteiger partial charge in [0.05, 0.1) is 10.7 Å². The van der Waals surface area contributed by atoms with Gasteiger partial charge in [-0.2, -0.15) is 0 Å².